The summed E-state index contributed by atoms with van der Waals surface area (Å²) in [6, 6.07) is 9.78. The zero-order valence-corrected chi connectivity index (χ0v) is 11.9. The van der Waals surface area contributed by atoms with Gasteiger partial charge in [-0.3, -0.25) is 0 Å². The Balaban J connectivity index is 1.82. The molecule has 0 radical (unpaired) electrons. The van der Waals surface area contributed by atoms with Crippen LogP contribution in [0.5, 0.6) is 0 Å². The Kier molecular flexibility index (Phi) is 5.10. The molecule has 1 aromatic carbocycles. The molecule has 0 spiro atoms. The van der Waals surface area contributed by atoms with Crippen molar-refractivity contribution in [3.8, 4) is 0 Å². The van der Waals surface area contributed by atoms with E-state index in [4.69, 9.17) is 0 Å². The van der Waals surface area contributed by atoms with E-state index in [0.29, 0.717) is 6.04 Å². The van der Waals surface area contributed by atoms with E-state index in [0.717, 1.165) is 5.92 Å². The minimum absolute atomic E-state index is 0.691. The zero-order valence-electron chi connectivity index (χ0n) is 11.9. The van der Waals surface area contributed by atoms with Gasteiger partial charge in [0.2, 0.25) is 0 Å². The van der Waals surface area contributed by atoms with Gasteiger partial charge in [-0.05, 0) is 55.7 Å². The first-order chi connectivity index (χ1) is 8.83. The number of nitrogens with one attached hydrogen (secondary N) is 1. The summed E-state index contributed by atoms with van der Waals surface area (Å²) in [5, 5.41) is 3.69. The molecule has 1 nitrogen and oxygen atoms in total. The van der Waals surface area contributed by atoms with E-state index in [1.807, 2.05) is 0 Å². The molecule has 18 heavy (non-hydrogen) atoms. The first kappa shape index (κ1) is 13.5. The number of hydrogen-bond acceptors (Lipinski definition) is 1. The third-order valence-corrected chi connectivity index (χ3v) is 4.01. The van der Waals surface area contributed by atoms with Crippen LogP contribution < -0.4 is 5.32 Å². The fraction of sp³-hybridized carbons (Fsp3) is 0.647. The summed E-state index contributed by atoms with van der Waals surface area (Å²) in [6.07, 6.45) is 9.28. The molecule has 2 rings (SSSR count). The molecule has 1 aliphatic rings. The van der Waals surface area contributed by atoms with Gasteiger partial charge in [-0.2, -0.15) is 0 Å². The molecule has 0 aromatic heterocycles. The lowest BCUT2D eigenvalue weighted by Crippen LogP contribution is -2.20. The molecule has 1 unspecified atom stereocenters. The van der Waals surface area contributed by atoms with Crippen LogP contribution in [-0.2, 0) is 6.42 Å². The zero-order chi connectivity index (χ0) is 12.8. The van der Waals surface area contributed by atoms with Gasteiger partial charge in [-0.1, -0.05) is 38.8 Å². The van der Waals surface area contributed by atoms with Gasteiger partial charge in [0, 0.05) is 11.7 Å². The number of benzene rings is 1. The molecule has 1 N–H and O–H groups in total. The molecule has 1 aromatic rings. The van der Waals surface area contributed by atoms with Crippen LogP contribution in [0.3, 0.4) is 0 Å². The SMILES string of the molecule is CCCCCc1ccc(NC(CC)C2CC2)cc1. The van der Waals surface area contributed by atoms with Gasteiger partial charge in [-0.15, -0.1) is 0 Å². The van der Waals surface area contributed by atoms with Gasteiger partial charge in [0.15, 0.2) is 0 Å². The molecule has 1 fully saturated rings. The second-order valence-electron chi connectivity index (χ2n) is 5.65. The number of aryl methyl sites for hydroxylation is 1. The molecule has 0 saturated heterocycles. The van der Waals surface area contributed by atoms with Crippen molar-refractivity contribution in [1.82, 2.24) is 0 Å². The molecular formula is C17H27N. The fourth-order valence-corrected chi connectivity index (χ4v) is 2.61. The number of rotatable bonds is 8. The van der Waals surface area contributed by atoms with Crippen molar-refractivity contribution >= 4 is 5.69 Å². The van der Waals surface area contributed by atoms with E-state index in [-0.39, 0.29) is 0 Å². The minimum Gasteiger partial charge on any atom is -0.382 e. The lowest BCUT2D eigenvalue weighted by Gasteiger charge is -2.17. The van der Waals surface area contributed by atoms with Crippen LogP contribution in [0, 0.1) is 5.92 Å². The fourth-order valence-electron chi connectivity index (χ4n) is 2.61. The van der Waals surface area contributed by atoms with E-state index in [9.17, 15) is 0 Å². The van der Waals surface area contributed by atoms with Crippen molar-refractivity contribution in [3.63, 3.8) is 0 Å². The molecule has 0 heterocycles. The highest BCUT2D eigenvalue weighted by atomic mass is 14.9. The molecule has 100 valence electrons. The molecule has 0 bridgehead atoms. The second kappa shape index (κ2) is 6.82. The third kappa shape index (κ3) is 4.04. The van der Waals surface area contributed by atoms with Crippen molar-refractivity contribution in [2.75, 3.05) is 5.32 Å². The van der Waals surface area contributed by atoms with Crippen LogP contribution in [0.2, 0.25) is 0 Å². The topological polar surface area (TPSA) is 12.0 Å². The molecule has 1 heteroatoms. The molecule has 1 aliphatic carbocycles. The maximum absolute atomic E-state index is 3.69. The summed E-state index contributed by atoms with van der Waals surface area (Å²) >= 11 is 0. The van der Waals surface area contributed by atoms with Gasteiger partial charge >= 0.3 is 0 Å². The normalized spacial score (nSPS) is 16.6. The molecule has 0 aliphatic heterocycles. The summed E-state index contributed by atoms with van der Waals surface area (Å²) in [6.45, 7) is 4.55. The number of anilines is 1. The third-order valence-electron chi connectivity index (χ3n) is 4.01. The minimum atomic E-state index is 0.691. The monoisotopic (exact) mass is 245 g/mol. The first-order valence-electron chi connectivity index (χ1n) is 7.69. The Morgan fingerprint density at radius 3 is 2.39 bits per heavy atom. The Labute approximate surface area is 112 Å². The van der Waals surface area contributed by atoms with E-state index >= 15 is 0 Å². The largest absolute Gasteiger partial charge is 0.382 e. The molecule has 1 atom stereocenters. The van der Waals surface area contributed by atoms with E-state index in [1.165, 1.54) is 56.2 Å². The van der Waals surface area contributed by atoms with E-state index in [1.54, 1.807) is 0 Å². The van der Waals surface area contributed by atoms with Crippen molar-refractivity contribution < 1.29 is 0 Å². The summed E-state index contributed by atoms with van der Waals surface area (Å²) in [5.74, 6) is 0.930. The van der Waals surface area contributed by atoms with Crippen LogP contribution in [0.1, 0.15) is 57.9 Å². The quantitative estimate of drug-likeness (QED) is 0.634. The Hall–Kier alpha value is -0.980. The highest BCUT2D eigenvalue weighted by Crippen LogP contribution is 2.35. The van der Waals surface area contributed by atoms with Gasteiger partial charge < -0.3 is 5.32 Å². The van der Waals surface area contributed by atoms with Gasteiger partial charge in [0.1, 0.15) is 0 Å². The predicted octanol–water partition coefficient (Wildman–Crippen LogP) is 5.02. The summed E-state index contributed by atoms with van der Waals surface area (Å²) in [5.41, 5.74) is 2.78. The first-order valence-corrected chi connectivity index (χ1v) is 7.69. The van der Waals surface area contributed by atoms with Crippen LogP contribution >= 0.6 is 0 Å². The van der Waals surface area contributed by atoms with E-state index < -0.39 is 0 Å². The lowest BCUT2D eigenvalue weighted by atomic mass is 10.1. The lowest BCUT2D eigenvalue weighted by molar-refractivity contribution is 0.616. The average molecular weight is 245 g/mol. The van der Waals surface area contributed by atoms with Crippen LogP contribution in [0.4, 0.5) is 5.69 Å². The Morgan fingerprint density at radius 2 is 1.83 bits per heavy atom. The highest BCUT2D eigenvalue weighted by Gasteiger charge is 2.29. The van der Waals surface area contributed by atoms with Crippen LogP contribution in [0.25, 0.3) is 0 Å². The maximum atomic E-state index is 3.69. The van der Waals surface area contributed by atoms with E-state index in [2.05, 4.69) is 43.4 Å². The summed E-state index contributed by atoms with van der Waals surface area (Å²) < 4.78 is 0. The number of hydrogen-bond donors (Lipinski definition) is 1. The standard InChI is InChI=1S/C17H27N/c1-3-5-6-7-14-8-12-16(13-9-14)18-17(4-2)15-10-11-15/h8-9,12-13,15,17-18H,3-7,10-11H2,1-2H3. The maximum Gasteiger partial charge on any atom is 0.0342 e. The summed E-state index contributed by atoms with van der Waals surface area (Å²) in [7, 11) is 0. The van der Waals surface area contributed by atoms with Crippen LogP contribution in [-0.4, -0.2) is 6.04 Å². The Bertz CT molecular complexity index is 337. The van der Waals surface area contributed by atoms with Crippen molar-refractivity contribution in [2.24, 2.45) is 5.92 Å². The van der Waals surface area contributed by atoms with Gasteiger partial charge in [0.25, 0.3) is 0 Å². The number of unbranched alkanes of at least 4 members (excludes halogenated alkanes) is 2. The highest BCUT2D eigenvalue weighted by molar-refractivity contribution is 5.45. The van der Waals surface area contributed by atoms with Gasteiger partial charge in [-0.25, -0.2) is 0 Å². The van der Waals surface area contributed by atoms with Gasteiger partial charge in [0.05, 0.1) is 0 Å². The molecule has 1 saturated carbocycles. The smallest absolute Gasteiger partial charge is 0.0342 e. The second-order valence-corrected chi connectivity index (χ2v) is 5.65. The average Bonchev–Trinajstić information content (AvgIpc) is 3.22. The molecular weight excluding hydrogens is 218 g/mol. The van der Waals surface area contributed by atoms with Crippen LogP contribution in [0.15, 0.2) is 24.3 Å². The van der Waals surface area contributed by atoms with Crippen molar-refractivity contribution in [2.45, 2.75) is 64.8 Å². The summed E-state index contributed by atoms with van der Waals surface area (Å²) in [4.78, 5) is 0. The van der Waals surface area contributed by atoms with Crippen molar-refractivity contribution in [1.29, 1.82) is 0 Å². The Morgan fingerprint density at radius 1 is 1.11 bits per heavy atom. The molecule has 0 amide bonds. The van der Waals surface area contributed by atoms with Crippen molar-refractivity contribution in [3.05, 3.63) is 29.8 Å². The predicted molar refractivity (Wildman–Crippen MR) is 80.1 cm³/mol.